The molecule has 0 amide bonds. The molecule has 1 aliphatic heterocycles. The Morgan fingerprint density at radius 2 is 1.75 bits per heavy atom. The second kappa shape index (κ2) is 5.74. The number of aryl methyl sites for hydroxylation is 2. The fourth-order valence-corrected chi connectivity index (χ4v) is 3.66. The van der Waals surface area contributed by atoms with Crippen molar-refractivity contribution in [2.75, 3.05) is 26.2 Å². The van der Waals surface area contributed by atoms with Gasteiger partial charge in [-0.1, -0.05) is 18.6 Å². The van der Waals surface area contributed by atoms with Crippen LogP contribution in [-0.2, 0) is 0 Å². The minimum absolute atomic E-state index is 0.460. The van der Waals surface area contributed by atoms with Gasteiger partial charge in [-0.05, 0) is 49.3 Å². The molecule has 110 valence electrons. The van der Waals surface area contributed by atoms with Crippen molar-refractivity contribution in [2.24, 2.45) is 5.92 Å². The van der Waals surface area contributed by atoms with E-state index in [9.17, 15) is 5.11 Å². The topological polar surface area (TPSA) is 35.5 Å². The molecule has 3 rings (SSSR count). The molecule has 1 heterocycles. The average Bonchev–Trinajstić information content (AvgIpc) is 2.40. The maximum absolute atomic E-state index is 10.0. The molecule has 1 saturated heterocycles. The van der Waals surface area contributed by atoms with Gasteiger partial charge in [-0.15, -0.1) is 0 Å². The average molecular weight is 274 g/mol. The predicted molar refractivity (Wildman–Crippen MR) is 82.1 cm³/mol. The number of hydrogen-bond acceptors (Lipinski definition) is 3. The van der Waals surface area contributed by atoms with Crippen molar-refractivity contribution in [3.05, 3.63) is 28.8 Å². The molecule has 1 aliphatic carbocycles. The first-order valence-electron chi connectivity index (χ1n) is 7.91. The Bertz CT molecular complexity index is 453. The summed E-state index contributed by atoms with van der Waals surface area (Å²) >= 11 is 0. The molecular weight excluding hydrogens is 248 g/mol. The van der Waals surface area contributed by atoms with Gasteiger partial charge < -0.3 is 10.4 Å². The largest absolute Gasteiger partial charge is 0.507 e. The van der Waals surface area contributed by atoms with E-state index >= 15 is 0 Å². The highest BCUT2D eigenvalue weighted by Gasteiger charge is 2.33. The third-order valence-corrected chi connectivity index (χ3v) is 5.00. The number of benzene rings is 1. The second-order valence-electron chi connectivity index (χ2n) is 6.43. The molecule has 1 aromatic carbocycles. The monoisotopic (exact) mass is 274 g/mol. The highest BCUT2D eigenvalue weighted by molar-refractivity contribution is 5.43. The Hall–Kier alpha value is -1.06. The first-order valence-corrected chi connectivity index (χ1v) is 7.91. The fourth-order valence-electron chi connectivity index (χ4n) is 3.66. The van der Waals surface area contributed by atoms with Crippen LogP contribution in [0.3, 0.4) is 0 Å². The summed E-state index contributed by atoms with van der Waals surface area (Å²) in [6, 6.07) is 4.95. The number of phenols is 1. The molecule has 20 heavy (non-hydrogen) atoms. The zero-order chi connectivity index (χ0) is 14.1. The lowest BCUT2D eigenvalue weighted by Gasteiger charge is -2.43. The standard InChI is InChI=1S/C17H26N2O/c1-12-10-15(11-13(2)17(12)20)16(14-4-3-5-14)19-8-6-18-7-9-19/h10-11,14,16,18,20H,3-9H2,1-2H3/t16-/m0/s1. The summed E-state index contributed by atoms with van der Waals surface area (Å²) in [6.07, 6.45) is 4.09. The van der Waals surface area contributed by atoms with Crippen molar-refractivity contribution >= 4 is 0 Å². The van der Waals surface area contributed by atoms with Crippen LogP contribution >= 0.6 is 0 Å². The molecule has 3 nitrogen and oxygen atoms in total. The quantitative estimate of drug-likeness (QED) is 0.889. The zero-order valence-corrected chi connectivity index (χ0v) is 12.7. The molecule has 0 aromatic heterocycles. The number of piperazine rings is 1. The third kappa shape index (κ3) is 2.57. The SMILES string of the molecule is Cc1cc([C@H](C2CCC2)N2CCNCC2)cc(C)c1O. The fraction of sp³-hybridized carbons (Fsp3) is 0.647. The molecule has 0 unspecified atom stereocenters. The van der Waals surface area contributed by atoms with Gasteiger partial charge >= 0.3 is 0 Å². The van der Waals surface area contributed by atoms with E-state index in [0.717, 1.165) is 43.2 Å². The van der Waals surface area contributed by atoms with Crippen molar-refractivity contribution in [1.29, 1.82) is 0 Å². The molecule has 1 aromatic rings. The molecule has 0 bridgehead atoms. The normalized spacial score (nSPS) is 22.5. The van der Waals surface area contributed by atoms with Crippen LogP contribution in [0.5, 0.6) is 5.75 Å². The Labute approximate surface area is 122 Å². The van der Waals surface area contributed by atoms with Crippen LogP contribution < -0.4 is 5.32 Å². The second-order valence-corrected chi connectivity index (χ2v) is 6.43. The maximum atomic E-state index is 10.0. The summed E-state index contributed by atoms with van der Waals surface area (Å²) in [5.41, 5.74) is 3.43. The maximum Gasteiger partial charge on any atom is 0.121 e. The van der Waals surface area contributed by atoms with Gasteiger partial charge in [0.15, 0.2) is 0 Å². The van der Waals surface area contributed by atoms with E-state index in [0.29, 0.717) is 11.8 Å². The van der Waals surface area contributed by atoms with Gasteiger partial charge in [0.05, 0.1) is 0 Å². The Morgan fingerprint density at radius 3 is 2.25 bits per heavy atom. The van der Waals surface area contributed by atoms with Gasteiger partial charge in [0, 0.05) is 32.2 Å². The van der Waals surface area contributed by atoms with Gasteiger partial charge in [0.25, 0.3) is 0 Å². The van der Waals surface area contributed by atoms with E-state index in [4.69, 9.17) is 0 Å². The van der Waals surface area contributed by atoms with Crippen LogP contribution in [0.4, 0.5) is 0 Å². The first kappa shape index (κ1) is 13.9. The Kier molecular flexibility index (Phi) is 3.99. The van der Waals surface area contributed by atoms with Crippen LogP contribution in [0.25, 0.3) is 0 Å². The molecule has 2 fully saturated rings. The number of hydrogen-bond donors (Lipinski definition) is 2. The molecule has 2 aliphatic rings. The van der Waals surface area contributed by atoms with E-state index < -0.39 is 0 Å². The van der Waals surface area contributed by atoms with Crippen LogP contribution in [0.1, 0.15) is 42.0 Å². The van der Waals surface area contributed by atoms with E-state index in [1.54, 1.807) is 0 Å². The molecule has 3 heteroatoms. The highest BCUT2D eigenvalue weighted by atomic mass is 16.3. The van der Waals surface area contributed by atoms with Crippen molar-refractivity contribution < 1.29 is 5.11 Å². The summed E-state index contributed by atoms with van der Waals surface area (Å²) in [4.78, 5) is 2.64. The summed E-state index contributed by atoms with van der Waals surface area (Å²) in [7, 11) is 0. The van der Waals surface area contributed by atoms with E-state index in [2.05, 4.69) is 22.3 Å². The van der Waals surface area contributed by atoms with Crippen LogP contribution in [0, 0.1) is 19.8 Å². The van der Waals surface area contributed by atoms with Gasteiger partial charge in [-0.3, -0.25) is 4.90 Å². The minimum Gasteiger partial charge on any atom is -0.507 e. The zero-order valence-electron chi connectivity index (χ0n) is 12.7. The van der Waals surface area contributed by atoms with Crippen molar-refractivity contribution in [3.8, 4) is 5.75 Å². The van der Waals surface area contributed by atoms with E-state index in [1.807, 2.05) is 13.8 Å². The summed E-state index contributed by atoms with van der Waals surface area (Å²) in [5.74, 6) is 1.26. The summed E-state index contributed by atoms with van der Waals surface area (Å²) in [6.45, 7) is 8.50. The Balaban J connectivity index is 1.91. The van der Waals surface area contributed by atoms with Crippen LogP contribution in [0.2, 0.25) is 0 Å². The van der Waals surface area contributed by atoms with E-state index in [1.165, 1.54) is 24.8 Å². The lowest BCUT2D eigenvalue weighted by atomic mass is 9.76. The van der Waals surface area contributed by atoms with Crippen LogP contribution in [-0.4, -0.2) is 36.2 Å². The van der Waals surface area contributed by atoms with E-state index in [-0.39, 0.29) is 0 Å². The lowest BCUT2D eigenvalue weighted by molar-refractivity contribution is 0.0836. The molecule has 0 radical (unpaired) electrons. The molecule has 1 saturated carbocycles. The summed E-state index contributed by atoms with van der Waals surface area (Å²) < 4.78 is 0. The molecule has 0 spiro atoms. The third-order valence-electron chi connectivity index (χ3n) is 5.00. The molecule has 2 N–H and O–H groups in total. The minimum atomic E-state index is 0.460. The lowest BCUT2D eigenvalue weighted by Crippen LogP contribution is -2.47. The molecule has 1 atom stereocenters. The van der Waals surface area contributed by atoms with Gasteiger partial charge in [0.2, 0.25) is 0 Å². The van der Waals surface area contributed by atoms with Gasteiger partial charge in [-0.25, -0.2) is 0 Å². The van der Waals surface area contributed by atoms with Crippen molar-refractivity contribution in [3.63, 3.8) is 0 Å². The van der Waals surface area contributed by atoms with Crippen molar-refractivity contribution in [2.45, 2.75) is 39.2 Å². The van der Waals surface area contributed by atoms with Crippen LogP contribution in [0.15, 0.2) is 12.1 Å². The smallest absolute Gasteiger partial charge is 0.121 e. The van der Waals surface area contributed by atoms with Gasteiger partial charge in [0.1, 0.15) is 5.75 Å². The predicted octanol–water partition coefficient (Wildman–Crippen LogP) is 2.76. The number of nitrogens with zero attached hydrogens (tertiary/aromatic N) is 1. The van der Waals surface area contributed by atoms with Crippen molar-refractivity contribution in [1.82, 2.24) is 10.2 Å². The first-order chi connectivity index (χ1) is 9.66. The number of aromatic hydroxyl groups is 1. The molecular formula is C17H26N2O. The Morgan fingerprint density at radius 1 is 1.15 bits per heavy atom. The number of rotatable bonds is 3. The number of nitrogens with one attached hydrogen (secondary N) is 1. The highest BCUT2D eigenvalue weighted by Crippen LogP contribution is 2.42. The van der Waals surface area contributed by atoms with Gasteiger partial charge in [-0.2, -0.15) is 0 Å². The summed E-state index contributed by atoms with van der Waals surface area (Å²) in [5, 5.41) is 13.5. The number of phenolic OH excluding ortho intramolecular Hbond substituents is 1.